The van der Waals surface area contributed by atoms with Gasteiger partial charge in [-0.25, -0.2) is 0 Å². The van der Waals surface area contributed by atoms with Crippen LogP contribution in [0.1, 0.15) is 53.4 Å². The summed E-state index contributed by atoms with van der Waals surface area (Å²) in [4.78, 5) is 2.58. The van der Waals surface area contributed by atoms with Gasteiger partial charge in [-0.1, -0.05) is 33.6 Å². The minimum atomic E-state index is 0.439. The lowest BCUT2D eigenvalue weighted by atomic mass is 10.0. The molecule has 1 saturated heterocycles. The lowest BCUT2D eigenvalue weighted by Crippen LogP contribution is -2.42. The summed E-state index contributed by atoms with van der Waals surface area (Å²) < 4.78 is 5.72. The Hall–Kier alpha value is -0.120. The van der Waals surface area contributed by atoms with E-state index in [-0.39, 0.29) is 0 Å². The van der Waals surface area contributed by atoms with Crippen LogP contribution >= 0.6 is 0 Å². The molecule has 0 radical (unpaired) electrons. The Bertz CT molecular complexity index is 213. The maximum Gasteiger partial charge on any atom is 0.0726 e. The minimum Gasteiger partial charge on any atom is -0.377 e. The Kier molecular flexibility index (Phi) is 8.67. The van der Waals surface area contributed by atoms with Crippen LogP contribution in [-0.4, -0.2) is 49.8 Å². The third-order valence-electron chi connectivity index (χ3n) is 4.54. The molecule has 0 aromatic heterocycles. The maximum absolute atomic E-state index is 5.72. The van der Waals surface area contributed by atoms with E-state index < -0.39 is 0 Å². The van der Waals surface area contributed by atoms with Crippen molar-refractivity contribution in [2.24, 2.45) is 5.92 Å². The van der Waals surface area contributed by atoms with Crippen molar-refractivity contribution < 1.29 is 4.74 Å². The zero-order valence-corrected chi connectivity index (χ0v) is 13.5. The van der Waals surface area contributed by atoms with Gasteiger partial charge in [-0.15, -0.1) is 0 Å². The Morgan fingerprint density at radius 2 is 2.00 bits per heavy atom. The molecule has 0 aliphatic carbocycles. The van der Waals surface area contributed by atoms with Gasteiger partial charge < -0.3 is 15.0 Å². The topological polar surface area (TPSA) is 24.5 Å². The van der Waals surface area contributed by atoms with Crippen molar-refractivity contribution in [1.82, 2.24) is 10.2 Å². The molecule has 0 aromatic rings. The molecule has 0 bridgehead atoms. The molecule has 0 spiro atoms. The van der Waals surface area contributed by atoms with Gasteiger partial charge in [0.2, 0.25) is 0 Å². The molecule has 1 aliphatic heterocycles. The van der Waals surface area contributed by atoms with Crippen molar-refractivity contribution in [2.45, 2.75) is 65.5 Å². The van der Waals surface area contributed by atoms with Crippen molar-refractivity contribution >= 4 is 0 Å². The summed E-state index contributed by atoms with van der Waals surface area (Å²) in [5, 5.41) is 3.63. The van der Waals surface area contributed by atoms with Gasteiger partial charge in [-0.2, -0.15) is 0 Å². The van der Waals surface area contributed by atoms with Crippen molar-refractivity contribution in [3.8, 4) is 0 Å². The monoisotopic (exact) mass is 270 g/mol. The average Bonchev–Trinajstić information content (AvgIpc) is 2.96. The molecule has 3 heteroatoms. The number of hydrogen-bond donors (Lipinski definition) is 1. The summed E-state index contributed by atoms with van der Waals surface area (Å²) in [5.74, 6) is 0.857. The molecule has 3 nitrogen and oxygen atoms in total. The second-order valence-electron chi connectivity index (χ2n) is 5.87. The maximum atomic E-state index is 5.72. The molecule has 0 saturated carbocycles. The zero-order valence-electron chi connectivity index (χ0n) is 13.5. The highest BCUT2D eigenvalue weighted by Gasteiger charge is 2.21. The van der Waals surface area contributed by atoms with E-state index in [1.807, 2.05) is 0 Å². The van der Waals surface area contributed by atoms with E-state index in [0.717, 1.165) is 32.2 Å². The van der Waals surface area contributed by atoms with Crippen LogP contribution in [0.25, 0.3) is 0 Å². The van der Waals surface area contributed by atoms with Crippen molar-refractivity contribution in [3.05, 3.63) is 0 Å². The van der Waals surface area contributed by atoms with Crippen LogP contribution in [0.3, 0.4) is 0 Å². The fourth-order valence-electron chi connectivity index (χ4n) is 2.87. The first kappa shape index (κ1) is 16.9. The van der Waals surface area contributed by atoms with Crippen LogP contribution in [0.2, 0.25) is 0 Å². The van der Waals surface area contributed by atoms with Crippen molar-refractivity contribution in [2.75, 3.05) is 32.8 Å². The van der Waals surface area contributed by atoms with Crippen LogP contribution in [-0.2, 0) is 4.74 Å². The van der Waals surface area contributed by atoms with Crippen LogP contribution < -0.4 is 5.32 Å². The van der Waals surface area contributed by atoms with Gasteiger partial charge in [0, 0.05) is 32.3 Å². The minimum absolute atomic E-state index is 0.439. The highest BCUT2D eigenvalue weighted by molar-refractivity contribution is 4.77. The average molecular weight is 270 g/mol. The second kappa shape index (κ2) is 9.73. The first-order valence-corrected chi connectivity index (χ1v) is 8.28. The molecular weight excluding hydrogens is 236 g/mol. The molecule has 1 N–H and O–H groups in total. The van der Waals surface area contributed by atoms with Gasteiger partial charge in [0.25, 0.3) is 0 Å². The zero-order chi connectivity index (χ0) is 14.1. The van der Waals surface area contributed by atoms with Gasteiger partial charge >= 0.3 is 0 Å². The van der Waals surface area contributed by atoms with E-state index in [0.29, 0.717) is 12.1 Å². The quantitative estimate of drug-likeness (QED) is 0.660. The molecule has 114 valence electrons. The smallest absolute Gasteiger partial charge is 0.0726 e. The van der Waals surface area contributed by atoms with Crippen LogP contribution in [0.4, 0.5) is 0 Å². The first-order chi connectivity index (χ1) is 9.21. The molecule has 2 atom stereocenters. The molecule has 1 fully saturated rings. The fraction of sp³-hybridized carbons (Fsp3) is 1.00. The second-order valence-corrected chi connectivity index (χ2v) is 5.87. The van der Waals surface area contributed by atoms with Crippen LogP contribution in [0.15, 0.2) is 0 Å². The number of nitrogens with zero attached hydrogens (tertiary/aromatic N) is 1. The Labute approximate surface area is 120 Å². The molecular formula is C16H34N2O. The highest BCUT2D eigenvalue weighted by Crippen LogP contribution is 2.15. The molecule has 0 aromatic carbocycles. The molecule has 19 heavy (non-hydrogen) atoms. The predicted molar refractivity (Wildman–Crippen MR) is 82.6 cm³/mol. The van der Waals surface area contributed by atoms with E-state index >= 15 is 0 Å². The van der Waals surface area contributed by atoms with Gasteiger partial charge in [0.1, 0.15) is 0 Å². The number of nitrogens with one attached hydrogen (secondary N) is 1. The number of ether oxygens (including phenoxy) is 1. The van der Waals surface area contributed by atoms with E-state index in [2.05, 4.69) is 37.9 Å². The fourth-order valence-corrected chi connectivity index (χ4v) is 2.87. The molecule has 0 amide bonds. The lowest BCUT2D eigenvalue weighted by Gasteiger charge is -2.27. The lowest BCUT2D eigenvalue weighted by molar-refractivity contribution is 0.0824. The normalized spacial score (nSPS) is 21.5. The molecule has 2 unspecified atom stereocenters. The van der Waals surface area contributed by atoms with Crippen molar-refractivity contribution in [1.29, 1.82) is 0 Å². The van der Waals surface area contributed by atoms with E-state index in [1.54, 1.807) is 0 Å². The standard InChI is InChI=1S/C16H34N2O/c1-5-15(6-2)13-18(7-3)11-10-17-14(4)16-9-8-12-19-16/h14-17H,5-13H2,1-4H3. The van der Waals surface area contributed by atoms with Gasteiger partial charge in [-0.3, -0.25) is 0 Å². The largest absolute Gasteiger partial charge is 0.377 e. The van der Waals surface area contributed by atoms with Crippen molar-refractivity contribution in [3.63, 3.8) is 0 Å². The van der Waals surface area contributed by atoms with Gasteiger partial charge in [0.15, 0.2) is 0 Å². The Morgan fingerprint density at radius 1 is 1.26 bits per heavy atom. The number of rotatable bonds is 10. The summed E-state index contributed by atoms with van der Waals surface area (Å²) >= 11 is 0. The van der Waals surface area contributed by atoms with Gasteiger partial charge in [-0.05, 0) is 32.2 Å². The van der Waals surface area contributed by atoms with Crippen LogP contribution in [0.5, 0.6) is 0 Å². The molecule has 1 aliphatic rings. The van der Waals surface area contributed by atoms with Gasteiger partial charge in [0.05, 0.1) is 6.10 Å². The number of likely N-dealkylation sites (N-methyl/N-ethyl adjacent to an activating group) is 1. The Morgan fingerprint density at radius 3 is 2.53 bits per heavy atom. The summed E-state index contributed by atoms with van der Waals surface area (Å²) in [5.41, 5.74) is 0. The first-order valence-electron chi connectivity index (χ1n) is 8.28. The third-order valence-corrected chi connectivity index (χ3v) is 4.54. The molecule has 1 heterocycles. The van der Waals surface area contributed by atoms with E-state index in [1.165, 1.54) is 32.2 Å². The Balaban J connectivity index is 2.17. The van der Waals surface area contributed by atoms with E-state index in [4.69, 9.17) is 4.74 Å². The summed E-state index contributed by atoms with van der Waals surface area (Å²) in [6.45, 7) is 14.7. The summed E-state index contributed by atoms with van der Waals surface area (Å²) in [6.07, 6.45) is 5.49. The third kappa shape index (κ3) is 6.24. The summed E-state index contributed by atoms with van der Waals surface area (Å²) in [7, 11) is 0. The van der Waals surface area contributed by atoms with E-state index in [9.17, 15) is 0 Å². The predicted octanol–water partition coefficient (Wildman–Crippen LogP) is 2.90. The molecule has 1 rings (SSSR count). The highest BCUT2D eigenvalue weighted by atomic mass is 16.5. The number of hydrogen-bond acceptors (Lipinski definition) is 3. The SMILES string of the molecule is CCC(CC)CN(CC)CCNC(C)C1CCCO1. The summed E-state index contributed by atoms with van der Waals surface area (Å²) in [6, 6.07) is 0.495. The van der Waals surface area contributed by atoms with Crippen LogP contribution in [0, 0.1) is 5.92 Å².